The van der Waals surface area contributed by atoms with Crippen LogP contribution in [0.15, 0.2) is 47.6 Å². The highest BCUT2D eigenvalue weighted by molar-refractivity contribution is 7.98. The van der Waals surface area contributed by atoms with Gasteiger partial charge in [-0.05, 0) is 29.8 Å². The van der Waals surface area contributed by atoms with Crippen molar-refractivity contribution in [2.45, 2.75) is 17.3 Å². The monoisotopic (exact) mass is 458 g/mol. The number of nitrogens with zero attached hydrogens (tertiary/aromatic N) is 4. The van der Waals surface area contributed by atoms with Crippen molar-refractivity contribution in [2.75, 3.05) is 44.4 Å². The first-order valence-corrected chi connectivity index (χ1v) is 11.7. The van der Waals surface area contributed by atoms with Gasteiger partial charge in [0.25, 0.3) is 0 Å². The lowest BCUT2D eigenvalue weighted by Crippen LogP contribution is -2.37. The SMILES string of the molecule is Clc1cc(CSc2nnc(N3CCOCC3)n2-c2ccccc2)cc2c1OCCCO2. The van der Waals surface area contributed by atoms with Gasteiger partial charge in [-0.1, -0.05) is 41.6 Å². The molecule has 0 amide bonds. The number of fused-ring (bicyclic) bond motifs is 1. The number of halogens is 1. The topological polar surface area (TPSA) is 61.6 Å². The molecule has 1 aromatic heterocycles. The fraction of sp³-hybridized carbons (Fsp3) is 0.364. The van der Waals surface area contributed by atoms with Gasteiger partial charge in [0.15, 0.2) is 16.7 Å². The average molecular weight is 459 g/mol. The standard InChI is InChI=1S/C22H23ClN4O3S/c23-18-13-16(14-19-20(18)30-10-4-9-29-19)15-31-22-25-24-21(26-7-11-28-12-8-26)27(22)17-5-2-1-3-6-17/h1-3,5-6,13-14H,4,7-12,15H2. The zero-order valence-corrected chi connectivity index (χ0v) is 18.6. The quantitative estimate of drug-likeness (QED) is 0.530. The predicted octanol–water partition coefficient (Wildman–Crippen LogP) is 4.21. The average Bonchev–Trinajstić information content (AvgIpc) is 3.09. The Morgan fingerprint density at radius 2 is 1.77 bits per heavy atom. The Kier molecular flexibility index (Phi) is 6.20. The molecule has 0 bridgehead atoms. The molecule has 2 aromatic carbocycles. The van der Waals surface area contributed by atoms with Gasteiger partial charge in [-0.2, -0.15) is 0 Å². The molecule has 0 N–H and O–H groups in total. The maximum atomic E-state index is 6.47. The highest BCUT2D eigenvalue weighted by Crippen LogP contribution is 2.39. The molecule has 0 spiro atoms. The van der Waals surface area contributed by atoms with Crippen LogP contribution in [0.3, 0.4) is 0 Å². The summed E-state index contributed by atoms with van der Waals surface area (Å²) in [4.78, 5) is 2.22. The lowest BCUT2D eigenvalue weighted by molar-refractivity contribution is 0.122. The van der Waals surface area contributed by atoms with Crippen LogP contribution in [0.25, 0.3) is 5.69 Å². The van der Waals surface area contributed by atoms with E-state index in [0.29, 0.717) is 48.7 Å². The van der Waals surface area contributed by atoms with Crippen molar-refractivity contribution in [3.8, 4) is 17.2 Å². The van der Waals surface area contributed by atoms with Crippen molar-refractivity contribution in [2.24, 2.45) is 0 Å². The summed E-state index contributed by atoms with van der Waals surface area (Å²) in [6.45, 7) is 4.23. The van der Waals surface area contributed by atoms with E-state index in [9.17, 15) is 0 Å². The lowest BCUT2D eigenvalue weighted by atomic mass is 10.2. The number of morpholine rings is 1. The van der Waals surface area contributed by atoms with Crippen molar-refractivity contribution in [1.29, 1.82) is 0 Å². The van der Waals surface area contributed by atoms with Crippen molar-refractivity contribution in [3.63, 3.8) is 0 Å². The Morgan fingerprint density at radius 3 is 2.61 bits per heavy atom. The maximum absolute atomic E-state index is 6.47. The lowest BCUT2D eigenvalue weighted by Gasteiger charge is -2.27. The van der Waals surface area contributed by atoms with E-state index in [1.54, 1.807) is 11.8 Å². The van der Waals surface area contributed by atoms with Crippen LogP contribution in [0.2, 0.25) is 5.02 Å². The molecule has 31 heavy (non-hydrogen) atoms. The number of para-hydroxylation sites is 1. The highest BCUT2D eigenvalue weighted by Gasteiger charge is 2.22. The van der Waals surface area contributed by atoms with Gasteiger partial charge in [-0.25, -0.2) is 0 Å². The molecule has 1 saturated heterocycles. The first-order chi connectivity index (χ1) is 15.3. The molecule has 7 nitrogen and oxygen atoms in total. The number of hydrogen-bond acceptors (Lipinski definition) is 7. The molecule has 0 atom stereocenters. The van der Waals surface area contributed by atoms with E-state index in [1.807, 2.05) is 30.3 Å². The van der Waals surface area contributed by atoms with Gasteiger partial charge < -0.3 is 19.1 Å². The number of anilines is 1. The van der Waals surface area contributed by atoms with E-state index in [0.717, 1.165) is 41.9 Å². The Labute approximate surface area is 190 Å². The highest BCUT2D eigenvalue weighted by atomic mass is 35.5. The van der Waals surface area contributed by atoms with Crippen molar-refractivity contribution >= 4 is 29.3 Å². The second-order valence-corrected chi connectivity index (χ2v) is 8.65. The first kappa shape index (κ1) is 20.5. The molecule has 162 valence electrons. The Bertz CT molecular complexity index is 1040. The van der Waals surface area contributed by atoms with Crippen molar-refractivity contribution < 1.29 is 14.2 Å². The van der Waals surface area contributed by atoms with Gasteiger partial charge in [-0.3, -0.25) is 4.57 Å². The molecule has 0 aliphatic carbocycles. The fourth-order valence-electron chi connectivity index (χ4n) is 3.64. The second kappa shape index (κ2) is 9.38. The van der Waals surface area contributed by atoms with Gasteiger partial charge in [0.05, 0.1) is 37.1 Å². The van der Waals surface area contributed by atoms with Crippen LogP contribution in [0.1, 0.15) is 12.0 Å². The van der Waals surface area contributed by atoms with Crippen LogP contribution in [0.4, 0.5) is 5.95 Å². The number of rotatable bonds is 5. The smallest absolute Gasteiger partial charge is 0.232 e. The minimum absolute atomic E-state index is 0.577. The zero-order chi connectivity index (χ0) is 21.0. The molecule has 1 fully saturated rings. The third-order valence-electron chi connectivity index (χ3n) is 5.15. The molecule has 2 aliphatic heterocycles. The fourth-order valence-corrected chi connectivity index (χ4v) is 4.81. The van der Waals surface area contributed by atoms with Crippen LogP contribution in [0.5, 0.6) is 11.5 Å². The Hall–Kier alpha value is -2.42. The number of benzene rings is 2. The van der Waals surface area contributed by atoms with E-state index < -0.39 is 0 Å². The van der Waals surface area contributed by atoms with E-state index in [-0.39, 0.29) is 0 Å². The molecule has 3 aromatic rings. The molecule has 2 aliphatic rings. The molecule has 3 heterocycles. The van der Waals surface area contributed by atoms with Gasteiger partial charge >= 0.3 is 0 Å². The number of aromatic nitrogens is 3. The van der Waals surface area contributed by atoms with E-state index in [1.165, 1.54) is 0 Å². The van der Waals surface area contributed by atoms with Crippen LogP contribution < -0.4 is 14.4 Å². The molecule has 0 radical (unpaired) electrons. The van der Waals surface area contributed by atoms with Crippen LogP contribution in [-0.4, -0.2) is 54.3 Å². The third kappa shape index (κ3) is 4.46. The van der Waals surface area contributed by atoms with Crippen molar-refractivity contribution in [1.82, 2.24) is 14.8 Å². The number of hydrogen-bond donors (Lipinski definition) is 0. The summed E-state index contributed by atoms with van der Waals surface area (Å²) in [6, 6.07) is 14.1. The maximum Gasteiger partial charge on any atom is 0.232 e. The Morgan fingerprint density at radius 1 is 0.968 bits per heavy atom. The summed E-state index contributed by atoms with van der Waals surface area (Å²) >= 11 is 8.09. The Balaban J connectivity index is 1.42. The summed E-state index contributed by atoms with van der Waals surface area (Å²) in [7, 11) is 0. The van der Waals surface area contributed by atoms with E-state index in [4.69, 9.17) is 25.8 Å². The van der Waals surface area contributed by atoms with Gasteiger partial charge in [0.2, 0.25) is 5.95 Å². The van der Waals surface area contributed by atoms with Gasteiger partial charge in [0.1, 0.15) is 0 Å². The molecule has 5 rings (SSSR count). The minimum Gasteiger partial charge on any atom is -0.489 e. The summed E-state index contributed by atoms with van der Waals surface area (Å²) in [6.07, 6.45) is 0.847. The molecule has 0 saturated carbocycles. The van der Waals surface area contributed by atoms with Crippen LogP contribution >= 0.6 is 23.4 Å². The first-order valence-electron chi connectivity index (χ1n) is 10.3. The zero-order valence-electron chi connectivity index (χ0n) is 17.0. The normalized spacial score (nSPS) is 16.2. The minimum atomic E-state index is 0.577. The van der Waals surface area contributed by atoms with Gasteiger partial charge in [-0.15, -0.1) is 10.2 Å². The summed E-state index contributed by atoms with van der Waals surface area (Å²) in [5.74, 6) is 2.87. The molecule has 0 unspecified atom stereocenters. The summed E-state index contributed by atoms with van der Waals surface area (Å²) in [5, 5.41) is 10.4. The molecular formula is C22H23ClN4O3S. The summed E-state index contributed by atoms with van der Waals surface area (Å²) < 4.78 is 19.2. The summed E-state index contributed by atoms with van der Waals surface area (Å²) in [5.41, 5.74) is 2.09. The predicted molar refractivity (Wildman–Crippen MR) is 121 cm³/mol. The van der Waals surface area contributed by atoms with Crippen LogP contribution in [0, 0.1) is 0 Å². The number of ether oxygens (including phenoxy) is 3. The van der Waals surface area contributed by atoms with E-state index in [2.05, 4.69) is 31.8 Å². The number of thioether (sulfide) groups is 1. The third-order valence-corrected chi connectivity index (χ3v) is 6.44. The largest absolute Gasteiger partial charge is 0.489 e. The van der Waals surface area contributed by atoms with Crippen molar-refractivity contribution in [3.05, 3.63) is 53.1 Å². The molecular weight excluding hydrogens is 436 g/mol. The molecule has 9 heteroatoms. The van der Waals surface area contributed by atoms with Gasteiger partial charge in [0, 0.05) is 25.3 Å². The van der Waals surface area contributed by atoms with Crippen LogP contribution in [-0.2, 0) is 10.5 Å². The second-order valence-electron chi connectivity index (χ2n) is 7.30. The van der Waals surface area contributed by atoms with E-state index >= 15 is 0 Å².